The molecule has 0 bridgehead atoms. The second kappa shape index (κ2) is 7.82. The largest absolute Gasteiger partial charge is 0.454 e. The zero-order valence-corrected chi connectivity index (χ0v) is 17.1. The van der Waals surface area contributed by atoms with E-state index < -0.39 is 22.4 Å². The molecule has 0 spiro atoms. The Labute approximate surface area is 164 Å². The molecule has 0 N–H and O–H groups in total. The van der Waals surface area contributed by atoms with Crippen molar-refractivity contribution in [2.45, 2.75) is 31.1 Å². The van der Waals surface area contributed by atoms with Crippen LogP contribution >= 0.6 is 11.6 Å². The standard InChI is InChI=1S/C20H21ClO5S/c1-20(2,3)14-7-5-13(6-8-14)18(22)12-26-19(23)16-11-15(27(4,24)25)9-10-17(16)21/h5-11H,12H2,1-4H3. The summed E-state index contributed by atoms with van der Waals surface area (Å²) in [6.07, 6.45) is 1.02. The van der Waals surface area contributed by atoms with Crippen LogP contribution in [0.5, 0.6) is 0 Å². The first-order chi connectivity index (χ1) is 12.4. The van der Waals surface area contributed by atoms with E-state index in [2.05, 4.69) is 20.8 Å². The van der Waals surface area contributed by atoms with Gasteiger partial charge < -0.3 is 4.74 Å². The highest BCUT2D eigenvalue weighted by molar-refractivity contribution is 7.90. The molecular weight excluding hydrogens is 388 g/mol. The Bertz CT molecular complexity index is 970. The fourth-order valence-electron chi connectivity index (χ4n) is 2.34. The van der Waals surface area contributed by atoms with Crippen LogP contribution in [0, 0.1) is 0 Å². The van der Waals surface area contributed by atoms with Gasteiger partial charge in [0, 0.05) is 11.8 Å². The third-order valence-corrected chi connectivity index (χ3v) is 5.43. The highest BCUT2D eigenvalue weighted by atomic mass is 35.5. The Morgan fingerprint density at radius 3 is 2.15 bits per heavy atom. The van der Waals surface area contributed by atoms with E-state index in [4.69, 9.17) is 16.3 Å². The fraction of sp³-hybridized carbons (Fsp3) is 0.300. The number of carbonyl (C=O) groups excluding carboxylic acids is 2. The van der Waals surface area contributed by atoms with Gasteiger partial charge in [-0.3, -0.25) is 4.79 Å². The number of ether oxygens (including phenoxy) is 1. The molecule has 0 unspecified atom stereocenters. The first-order valence-electron chi connectivity index (χ1n) is 8.20. The van der Waals surface area contributed by atoms with Crippen LogP contribution in [0.25, 0.3) is 0 Å². The van der Waals surface area contributed by atoms with Crippen LogP contribution in [0.3, 0.4) is 0 Å². The van der Waals surface area contributed by atoms with Gasteiger partial charge in [0.1, 0.15) is 0 Å². The van der Waals surface area contributed by atoms with E-state index in [0.717, 1.165) is 17.9 Å². The lowest BCUT2D eigenvalue weighted by atomic mass is 9.86. The number of benzene rings is 2. The van der Waals surface area contributed by atoms with Crippen molar-refractivity contribution < 1.29 is 22.7 Å². The molecule has 0 heterocycles. The first-order valence-corrected chi connectivity index (χ1v) is 10.5. The minimum atomic E-state index is -3.50. The molecule has 2 aromatic rings. The summed E-state index contributed by atoms with van der Waals surface area (Å²) in [6, 6.07) is 10.9. The number of hydrogen-bond acceptors (Lipinski definition) is 5. The van der Waals surface area contributed by atoms with E-state index in [1.807, 2.05) is 12.1 Å². The van der Waals surface area contributed by atoms with Crippen molar-refractivity contribution in [2.24, 2.45) is 0 Å². The molecule has 2 rings (SSSR count). The van der Waals surface area contributed by atoms with Crippen molar-refractivity contribution in [1.29, 1.82) is 0 Å². The molecule has 144 valence electrons. The molecule has 0 radical (unpaired) electrons. The SMILES string of the molecule is CC(C)(C)c1ccc(C(=O)COC(=O)c2cc(S(C)(=O)=O)ccc2Cl)cc1. The van der Waals surface area contributed by atoms with E-state index in [1.165, 1.54) is 12.1 Å². The van der Waals surface area contributed by atoms with Crippen LogP contribution in [0.15, 0.2) is 47.4 Å². The molecule has 0 saturated heterocycles. The second-order valence-corrected chi connectivity index (χ2v) is 9.66. The third kappa shape index (κ3) is 5.40. The van der Waals surface area contributed by atoms with Crippen LogP contribution in [0.1, 0.15) is 47.1 Å². The fourth-order valence-corrected chi connectivity index (χ4v) is 3.18. The minimum absolute atomic E-state index is 0.0323. The van der Waals surface area contributed by atoms with Crippen molar-refractivity contribution >= 4 is 33.2 Å². The predicted molar refractivity (Wildman–Crippen MR) is 104 cm³/mol. The number of halogens is 1. The maximum atomic E-state index is 12.2. The van der Waals surface area contributed by atoms with Crippen LogP contribution in [-0.4, -0.2) is 33.0 Å². The molecule has 0 atom stereocenters. The van der Waals surface area contributed by atoms with Gasteiger partial charge in [-0.05, 0) is 29.2 Å². The lowest BCUT2D eigenvalue weighted by Crippen LogP contribution is -2.16. The summed E-state index contributed by atoms with van der Waals surface area (Å²) >= 11 is 5.95. The molecule has 0 amide bonds. The number of sulfone groups is 1. The number of esters is 1. The van der Waals surface area contributed by atoms with Crippen LogP contribution in [-0.2, 0) is 20.0 Å². The van der Waals surface area contributed by atoms with Gasteiger partial charge in [0.05, 0.1) is 15.5 Å². The van der Waals surface area contributed by atoms with E-state index >= 15 is 0 Å². The summed E-state index contributed by atoms with van der Waals surface area (Å²) in [7, 11) is -3.50. The molecule has 0 aliphatic carbocycles. The normalized spacial score (nSPS) is 11.9. The van der Waals surface area contributed by atoms with Gasteiger partial charge in [0.15, 0.2) is 22.2 Å². The summed E-state index contributed by atoms with van der Waals surface area (Å²) in [4.78, 5) is 24.4. The number of hydrogen-bond donors (Lipinski definition) is 0. The summed E-state index contributed by atoms with van der Waals surface area (Å²) in [5.41, 5.74) is 1.37. The smallest absolute Gasteiger partial charge is 0.340 e. The first kappa shape index (κ1) is 21.1. The molecule has 27 heavy (non-hydrogen) atoms. The predicted octanol–water partition coefficient (Wildman–Crippen LogP) is 4.08. The molecule has 0 aromatic heterocycles. The summed E-state index contributed by atoms with van der Waals surface area (Å²) in [5, 5.41) is 0.0504. The maximum Gasteiger partial charge on any atom is 0.340 e. The van der Waals surface area contributed by atoms with Gasteiger partial charge in [-0.2, -0.15) is 0 Å². The summed E-state index contributed by atoms with van der Waals surface area (Å²) in [6.45, 7) is 5.74. The van der Waals surface area contributed by atoms with E-state index in [-0.39, 0.29) is 26.7 Å². The van der Waals surface area contributed by atoms with Crippen LogP contribution in [0.4, 0.5) is 0 Å². The molecule has 5 nitrogen and oxygen atoms in total. The van der Waals surface area contributed by atoms with E-state index in [1.54, 1.807) is 12.1 Å². The van der Waals surface area contributed by atoms with Crippen LogP contribution in [0.2, 0.25) is 5.02 Å². The van der Waals surface area contributed by atoms with Gasteiger partial charge in [-0.25, -0.2) is 13.2 Å². The molecule has 0 aliphatic rings. The van der Waals surface area contributed by atoms with Gasteiger partial charge in [-0.15, -0.1) is 0 Å². The van der Waals surface area contributed by atoms with Gasteiger partial charge in [0.25, 0.3) is 0 Å². The molecule has 0 fully saturated rings. The second-order valence-electron chi connectivity index (χ2n) is 7.24. The number of carbonyl (C=O) groups is 2. The Balaban J connectivity index is 2.10. The van der Waals surface area contributed by atoms with Gasteiger partial charge >= 0.3 is 5.97 Å². The van der Waals surface area contributed by atoms with Crippen LogP contribution < -0.4 is 0 Å². The lowest BCUT2D eigenvalue weighted by molar-refractivity contribution is 0.0474. The Kier molecular flexibility index (Phi) is 6.12. The quantitative estimate of drug-likeness (QED) is 0.550. The molecule has 2 aromatic carbocycles. The average molecular weight is 409 g/mol. The highest BCUT2D eigenvalue weighted by Gasteiger charge is 2.19. The topological polar surface area (TPSA) is 77.5 Å². The number of Topliss-reactive ketones (excluding diaryl/α,β-unsaturated/α-hetero) is 1. The molecule has 7 heteroatoms. The Morgan fingerprint density at radius 2 is 1.63 bits per heavy atom. The van der Waals surface area contributed by atoms with Crippen molar-refractivity contribution in [3.8, 4) is 0 Å². The molecule has 0 saturated carbocycles. The highest BCUT2D eigenvalue weighted by Crippen LogP contribution is 2.23. The molecule has 0 aliphatic heterocycles. The zero-order chi connectivity index (χ0) is 20.4. The summed E-state index contributed by atoms with van der Waals surface area (Å²) < 4.78 is 28.3. The van der Waals surface area contributed by atoms with Gasteiger partial charge in [-0.1, -0.05) is 56.6 Å². The maximum absolute atomic E-state index is 12.2. The van der Waals surface area contributed by atoms with Crippen molar-refractivity contribution in [3.05, 3.63) is 64.2 Å². The average Bonchev–Trinajstić information content (AvgIpc) is 2.58. The zero-order valence-electron chi connectivity index (χ0n) is 15.6. The van der Waals surface area contributed by atoms with E-state index in [9.17, 15) is 18.0 Å². The third-order valence-electron chi connectivity index (χ3n) is 3.99. The number of ketones is 1. The Hall–Kier alpha value is -2.18. The van der Waals surface area contributed by atoms with Gasteiger partial charge in [0.2, 0.25) is 0 Å². The van der Waals surface area contributed by atoms with Crippen molar-refractivity contribution in [1.82, 2.24) is 0 Å². The summed E-state index contributed by atoms with van der Waals surface area (Å²) in [5.74, 6) is -1.22. The van der Waals surface area contributed by atoms with Crippen molar-refractivity contribution in [2.75, 3.05) is 12.9 Å². The van der Waals surface area contributed by atoms with Crippen molar-refractivity contribution in [3.63, 3.8) is 0 Å². The number of rotatable bonds is 5. The molecular formula is C20H21ClO5S. The lowest BCUT2D eigenvalue weighted by Gasteiger charge is -2.18. The Morgan fingerprint density at radius 1 is 1.04 bits per heavy atom. The van der Waals surface area contributed by atoms with E-state index in [0.29, 0.717) is 5.56 Å². The minimum Gasteiger partial charge on any atom is -0.454 e. The monoisotopic (exact) mass is 408 g/mol.